The van der Waals surface area contributed by atoms with E-state index in [1.165, 1.54) is 12.1 Å². The predicted molar refractivity (Wildman–Crippen MR) is 121 cm³/mol. The van der Waals surface area contributed by atoms with Crippen molar-refractivity contribution >= 4 is 32.7 Å². The number of fused-ring (bicyclic) bond motifs is 1. The molecule has 0 unspecified atom stereocenters. The Morgan fingerprint density at radius 1 is 1.19 bits per heavy atom. The Morgan fingerprint density at radius 3 is 2.59 bits per heavy atom. The van der Waals surface area contributed by atoms with E-state index in [1.807, 2.05) is 0 Å². The van der Waals surface area contributed by atoms with Gasteiger partial charge in [-0.15, -0.1) is 0 Å². The van der Waals surface area contributed by atoms with Gasteiger partial charge in [-0.1, -0.05) is 12.8 Å². The first-order valence-corrected chi connectivity index (χ1v) is 12.1. The number of nitrogens with zero attached hydrogens (tertiary/aromatic N) is 3. The van der Waals surface area contributed by atoms with Gasteiger partial charge in [0.05, 0.1) is 0 Å². The lowest BCUT2D eigenvalue weighted by molar-refractivity contribution is 0.516. The third kappa shape index (κ3) is 4.37. The number of hydrogen-bond donors (Lipinski definition) is 2. The van der Waals surface area contributed by atoms with Gasteiger partial charge in [-0.2, -0.15) is 4.98 Å². The molecule has 1 aliphatic rings. The van der Waals surface area contributed by atoms with Crippen LogP contribution < -0.4 is 15.6 Å². The summed E-state index contributed by atoms with van der Waals surface area (Å²) in [6.07, 6.45) is 5.62. The van der Waals surface area contributed by atoms with Crippen LogP contribution in [0.15, 0.2) is 40.2 Å². The molecule has 10 heteroatoms. The summed E-state index contributed by atoms with van der Waals surface area (Å²) in [7, 11) is -3.97. The van der Waals surface area contributed by atoms with Crippen LogP contribution in [0.2, 0.25) is 0 Å². The average Bonchev–Trinajstić information content (AvgIpc) is 3.23. The molecule has 1 aromatic carbocycles. The molecule has 1 fully saturated rings. The predicted octanol–water partition coefficient (Wildman–Crippen LogP) is 3.78. The molecule has 0 saturated heterocycles. The first-order valence-electron chi connectivity index (χ1n) is 10.6. The lowest BCUT2D eigenvalue weighted by atomic mass is 10.2. The molecule has 3 aromatic rings. The number of hydrogen-bond acceptors (Lipinski definition) is 6. The zero-order valence-electron chi connectivity index (χ0n) is 18.2. The third-order valence-corrected chi connectivity index (χ3v) is 7.24. The van der Waals surface area contributed by atoms with Gasteiger partial charge in [-0.25, -0.2) is 22.5 Å². The van der Waals surface area contributed by atoms with E-state index in [2.05, 4.69) is 20.0 Å². The zero-order valence-corrected chi connectivity index (χ0v) is 19.0. The van der Waals surface area contributed by atoms with Crippen molar-refractivity contribution in [3.8, 4) is 0 Å². The fourth-order valence-corrected chi connectivity index (χ4v) is 5.50. The largest absolute Gasteiger partial charge is 0.324 e. The quantitative estimate of drug-likeness (QED) is 0.581. The van der Waals surface area contributed by atoms with Crippen molar-refractivity contribution < 1.29 is 12.8 Å². The summed E-state index contributed by atoms with van der Waals surface area (Å²) in [5, 5.41) is 3.71. The monoisotopic (exact) mass is 459 g/mol. The summed E-state index contributed by atoms with van der Waals surface area (Å²) in [5.74, 6) is -0.678. The van der Waals surface area contributed by atoms with Gasteiger partial charge in [0.1, 0.15) is 16.4 Å². The van der Waals surface area contributed by atoms with E-state index in [0.717, 1.165) is 37.1 Å². The topological polar surface area (TPSA) is 106 Å². The molecule has 0 amide bonds. The van der Waals surface area contributed by atoms with Crippen LogP contribution in [0.5, 0.6) is 0 Å². The van der Waals surface area contributed by atoms with Crippen LogP contribution in [0.25, 0.3) is 11.0 Å². The van der Waals surface area contributed by atoms with Crippen LogP contribution in [0.3, 0.4) is 0 Å². The fraction of sp³-hybridized carbons (Fsp3) is 0.409. The molecular weight excluding hydrogens is 433 g/mol. The zero-order chi connectivity index (χ0) is 23.0. The van der Waals surface area contributed by atoms with E-state index in [4.69, 9.17) is 0 Å². The first-order chi connectivity index (χ1) is 15.2. The van der Waals surface area contributed by atoms with Gasteiger partial charge in [0.2, 0.25) is 16.0 Å². The van der Waals surface area contributed by atoms with Gasteiger partial charge in [-0.3, -0.25) is 9.36 Å². The Hall–Kier alpha value is -2.85. The molecule has 8 nitrogen and oxygen atoms in total. The second-order valence-electron chi connectivity index (χ2n) is 8.45. The maximum atomic E-state index is 14.7. The van der Waals surface area contributed by atoms with Gasteiger partial charge in [0.15, 0.2) is 0 Å². The lowest BCUT2D eigenvalue weighted by Crippen LogP contribution is -2.31. The Balaban J connectivity index is 1.71. The lowest BCUT2D eigenvalue weighted by Gasteiger charge is -2.17. The maximum absolute atomic E-state index is 14.7. The van der Waals surface area contributed by atoms with Crippen molar-refractivity contribution in [2.75, 3.05) is 5.32 Å². The number of benzene rings is 1. The van der Waals surface area contributed by atoms with E-state index in [-0.39, 0.29) is 23.6 Å². The maximum Gasteiger partial charge on any atom is 0.252 e. The highest BCUT2D eigenvalue weighted by Gasteiger charge is 2.23. The van der Waals surface area contributed by atoms with Crippen molar-refractivity contribution in [1.29, 1.82) is 0 Å². The summed E-state index contributed by atoms with van der Waals surface area (Å²) < 4.78 is 43.6. The summed E-state index contributed by atoms with van der Waals surface area (Å²) in [4.78, 5) is 21.0. The molecule has 2 N–H and O–H groups in total. The molecule has 2 aromatic heterocycles. The van der Waals surface area contributed by atoms with Crippen molar-refractivity contribution in [3.63, 3.8) is 0 Å². The molecule has 4 rings (SSSR count). The van der Waals surface area contributed by atoms with Crippen LogP contribution in [-0.4, -0.2) is 29.0 Å². The van der Waals surface area contributed by atoms with Crippen LogP contribution in [0, 0.1) is 12.7 Å². The number of aromatic nitrogens is 3. The fourth-order valence-electron chi connectivity index (χ4n) is 4.10. The molecule has 32 heavy (non-hydrogen) atoms. The minimum absolute atomic E-state index is 0.103. The normalized spacial score (nSPS) is 15.0. The van der Waals surface area contributed by atoms with Crippen LogP contribution >= 0.6 is 0 Å². The van der Waals surface area contributed by atoms with E-state index in [0.29, 0.717) is 16.9 Å². The summed E-state index contributed by atoms with van der Waals surface area (Å²) in [6, 6.07) is 5.36. The second kappa shape index (κ2) is 8.59. The van der Waals surface area contributed by atoms with Gasteiger partial charge in [-0.05, 0) is 57.4 Å². The van der Waals surface area contributed by atoms with Crippen molar-refractivity contribution in [2.45, 2.75) is 63.4 Å². The Morgan fingerprint density at radius 2 is 1.91 bits per heavy atom. The molecule has 0 spiro atoms. The van der Waals surface area contributed by atoms with Crippen molar-refractivity contribution in [2.24, 2.45) is 0 Å². The van der Waals surface area contributed by atoms with Crippen LogP contribution in [0.1, 0.15) is 51.1 Å². The summed E-state index contributed by atoms with van der Waals surface area (Å²) in [5.41, 5.74) is 1.28. The van der Waals surface area contributed by atoms with Crippen molar-refractivity contribution in [3.05, 3.63) is 52.2 Å². The molecule has 0 aliphatic heterocycles. The van der Waals surface area contributed by atoms with Crippen molar-refractivity contribution in [1.82, 2.24) is 19.3 Å². The minimum atomic E-state index is -3.97. The van der Waals surface area contributed by atoms with E-state index < -0.39 is 20.7 Å². The number of anilines is 2. The molecular formula is C22H26FN5O3S. The average molecular weight is 460 g/mol. The molecule has 2 heterocycles. The van der Waals surface area contributed by atoms with Crippen LogP contribution in [-0.2, 0) is 10.0 Å². The highest BCUT2D eigenvalue weighted by Crippen LogP contribution is 2.31. The summed E-state index contributed by atoms with van der Waals surface area (Å²) in [6.45, 7) is 5.01. The Bertz CT molecular complexity index is 1330. The second-order valence-corrected chi connectivity index (χ2v) is 10.1. The van der Waals surface area contributed by atoms with Gasteiger partial charge >= 0.3 is 0 Å². The number of halogens is 1. The van der Waals surface area contributed by atoms with Crippen LogP contribution in [0.4, 0.5) is 16.0 Å². The molecule has 0 atom stereocenters. The van der Waals surface area contributed by atoms with E-state index in [1.54, 1.807) is 37.6 Å². The first kappa shape index (κ1) is 22.3. The molecule has 1 aliphatic carbocycles. The Labute approximate surface area is 186 Å². The van der Waals surface area contributed by atoms with E-state index >= 15 is 0 Å². The number of pyridine rings is 1. The third-order valence-electron chi connectivity index (χ3n) is 5.56. The highest BCUT2D eigenvalue weighted by molar-refractivity contribution is 7.89. The minimum Gasteiger partial charge on any atom is -0.324 e. The Kier molecular flexibility index (Phi) is 6.00. The smallest absolute Gasteiger partial charge is 0.252 e. The molecule has 1 saturated carbocycles. The molecule has 0 bridgehead atoms. The standard InChI is InChI=1S/C22H26FN5O3S/c1-13(2)27-32(30,31)19-10-14(3)18(11-17(19)23)25-22-24-12-15-8-9-20(29)28(21(15)26-22)16-6-4-5-7-16/h8-13,16,27H,4-7H2,1-3H3,(H,24,25,26). The van der Waals surface area contributed by atoms with Gasteiger partial charge in [0, 0.05) is 35.4 Å². The summed E-state index contributed by atoms with van der Waals surface area (Å²) >= 11 is 0. The SMILES string of the molecule is Cc1cc(S(=O)(=O)NC(C)C)c(F)cc1Nc1ncc2ccc(=O)n(C3CCCC3)c2n1. The number of nitrogens with one attached hydrogen (secondary N) is 2. The number of sulfonamides is 1. The number of rotatable bonds is 6. The number of aryl methyl sites for hydroxylation is 1. The van der Waals surface area contributed by atoms with Gasteiger partial charge in [0.25, 0.3) is 5.56 Å². The highest BCUT2D eigenvalue weighted by atomic mass is 32.2. The van der Waals surface area contributed by atoms with Gasteiger partial charge < -0.3 is 5.32 Å². The van der Waals surface area contributed by atoms with E-state index in [9.17, 15) is 17.6 Å². The molecule has 0 radical (unpaired) electrons. The molecule has 170 valence electrons.